The Morgan fingerprint density at radius 1 is 1.15 bits per heavy atom. The van der Waals surface area contributed by atoms with Gasteiger partial charge in [0.15, 0.2) is 15.0 Å². The molecule has 5 rings (SSSR count). The molecule has 2 atom stereocenters. The van der Waals surface area contributed by atoms with Crippen LogP contribution >= 0.6 is 11.3 Å². The van der Waals surface area contributed by atoms with Gasteiger partial charge in [-0.1, -0.05) is 23.5 Å². The highest BCUT2D eigenvalue weighted by atomic mass is 32.2. The number of aliphatic hydroxyl groups is 2. The summed E-state index contributed by atoms with van der Waals surface area (Å²) in [6.07, 6.45) is 1.78. The van der Waals surface area contributed by atoms with E-state index < -0.39 is 21.9 Å². The maximum absolute atomic E-state index is 11.8. The number of benzene rings is 1. The van der Waals surface area contributed by atoms with Gasteiger partial charge < -0.3 is 25.1 Å². The molecular weight excluding hydrogens is 544 g/mol. The number of thiazole rings is 1. The van der Waals surface area contributed by atoms with Gasteiger partial charge in [0.1, 0.15) is 16.5 Å². The van der Waals surface area contributed by atoms with Crippen LogP contribution in [0.2, 0.25) is 0 Å². The van der Waals surface area contributed by atoms with Gasteiger partial charge in [-0.15, -0.1) is 0 Å². The highest BCUT2D eigenvalue weighted by Crippen LogP contribution is 2.37. The Balaban J connectivity index is 1.49. The number of anilines is 4. The number of hydrogen-bond acceptors (Lipinski definition) is 12. The van der Waals surface area contributed by atoms with E-state index in [1.54, 1.807) is 31.2 Å². The largest absolute Gasteiger partial charge is 0.477 e. The van der Waals surface area contributed by atoms with E-state index in [0.29, 0.717) is 61.5 Å². The van der Waals surface area contributed by atoms with Crippen molar-refractivity contribution in [2.24, 2.45) is 5.92 Å². The van der Waals surface area contributed by atoms with Gasteiger partial charge in [-0.3, -0.25) is 5.32 Å². The molecule has 39 heavy (non-hydrogen) atoms. The number of carboxylic acid groups (broad SMARTS) is 1. The first-order chi connectivity index (χ1) is 18.5. The number of hydrogen-bond donors (Lipinski definition) is 4. The molecule has 12 nitrogen and oxygen atoms in total. The number of fused-ring (bicyclic) bond motifs is 1. The standard InChI is InChI=1S/C25H30N6O6S2/c1-14-20(23(34)35)38-25(26-14)29-24-27-21-18(22(28-24)31-10-8-19(33)16(12-31)13-32)7-9-30(21)11-15-3-5-17(6-4-15)39(2,36)37/h3-6,16,19,32-33H,7-13H2,1-2H3,(H,34,35)(H,26,27,28,29). The fourth-order valence-corrected chi connectivity index (χ4v) is 6.40. The third kappa shape index (κ3) is 5.69. The van der Waals surface area contributed by atoms with Crippen LogP contribution in [0.4, 0.5) is 22.7 Å². The Kier molecular flexibility index (Phi) is 7.46. The Hall–Kier alpha value is -3.33. The minimum atomic E-state index is -3.29. The SMILES string of the molecule is Cc1nc(Nc2nc3c(c(N4CCC(O)C(CO)C4)n2)CCN3Cc2ccc(S(C)(=O)=O)cc2)sc1C(=O)O. The van der Waals surface area contributed by atoms with Crippen molar-refractivity contribution in [3.8, 4) is 0 Å². The number of nitrogens with one attached hydrogen (secondary N) is 1. The van der Waals surface area contributed by atoms with Crippen molar-refractivity contribution in [1.82, 2.24) is 15.0 Å². The van der Waals surface area contributed by atoms with Crippen molar-refractivity contribution in [1.29, 1.82) is 0 Å². The number of aromatic nitrogens is 3. The minimum absolute atomic E-state index is 0.133. The molecule has 0 aliphatic carbocycles. The van der Waals surface area contributed by atoms with Gasteiger partial charge in [-0.25, -0.2) is 18.2 Å². The van der Waals surface area contributed by atoms with E-state index in [9.17, 15) is 28.5 Å². The van der Waals surface area contributed by atoms with E-state index in [2.05, 4.69) is 20.1 Å². The van der Waals surface area contributed by atoms with Gasteiger partial charge in [0.2, 0.25) is 5.95 Å². The zero-order valence-corrected chi connectivity index (χ0v) is 23.2. The van der Waals surface area contributed by atoms with Crippen molar-refractivity contribution >= 4 is 49.9 Å². The number of sulfone groups is 1. The molecule has 0 amide bonds. The van der Waals surface area contributed by atoms with E-state index >= 15 is 0 Å². The first kappa shape index (κ1) is 27.2. The molecule has 1 aromatic carbocycles. The van der Waals surface area contributed by atoms with Crippen LogP contribution in [0.5, 0.6) is 0 Å². The molecule has 1 fully saturated rings. The van der Waals surface area contributed by atoms with Crippen molar-refractivity contribution in [2.45, 2.75) is 37.3 Å². The second kappa shape index (κ2) is 10.7. The van der Waals surface area contributed by atoms with E-state index in [4.69, 9.17) is 9.97 Å². The number of carbonyl (C=O) groups is 1. The predicted octanol–water partition coefficient (Wildman–Crippen LogP) is 1.83. The second-order valence-corrected chi connectivity index (χ2v) is 12.9. The van der Waals surface area contributed by atoms with Gasteiger partial charge in [-0.2, -0.15) is 9.97 Å². The maximum atomic E-state index is 11.8. The second-order valence-electron chi connectivity index (χ2n) is 9.87. The van der Waals surface area contributed by atoms with E-state index in [1.807, 2.05) is 0 Å². The highest BCUT2D eigenvalue weighted by molar-refractivity contribution is 7.90. The summed E-state index contributed by atoms with van der Waals surface area (Å²) in [6, 6.07) is 6.77. The third-order valence-corrected chi connectivity index (χ3v) is 9.25. The smallest absolute Gasteiger partial charge is 0.347 e. The summed E-state index contributed by atoms with van der Waals surface area (Å²) in [5, 5.41) is 32.9. The average molecular weight is 575 g/mol. The van der Waals surface area contributed by atoms with Gasteiger partial charge >= 0.3 is 5.97 Å². The summed E-state index contributed by atoms with van der Waals surface area (Å²) in [5.74, 6) is 0.331. The Morgan fingerprint density at radius 3 is 2.51 bits per heavy atom. The molecule has 4 N–H and O–H groups in total. The first-order valence-electron chi connectivity index (χ1n) is 12.5. The lowest BCUT2D eigenvalue weighted by Crippen LogP contribution is -2.45. The van der Waals surface area contributed by atoms with E-state index in [0.717, 1.165) is 22.5 Å². The van der Waals surface area contributed by atoms with Gasteiger partial charge in [-0.05, 0) is 37.5 Å². The number of carboxylic acids is 1. The van der Waals surface area contributed by atoms with Gasteiger partial charge in [0.25, 0.3) is 0 Å². The molecule has 208 valence electrons. The van der Waals surface area contributed by atoms with Crippen molar-refractivity contribution < 1.29 is 28.5 Å². The normalized spacial score (nSPS) is 19.3. The maximum Gasteiger partial charge on any atom is 0.347 e. The summed E-state index contributed by atoms with van der Waals surface area (Å²) in [5.41, 5.74) is 2.27. The van der Waals surface area contributed by atoms with Gasteiger partial charge in [0.05, 0.1) is 23.3 Å². The van der Waals surface area contributed by atoms with Crippen LogP contribution in [-0.2, 0) is 22.8 Å². The summed E-state index contributed by atoms with van der Waals surface area (Å²) < 4.78 is 23.7. The predicted molar refractivity (Wildman–Crippen MR) is 147 cm³/mol. The molecule has 0 saturated carbocycles. The molecule has 0 bridgehead atoms. The zero-order valence-electron chi connectivity index (χ0n) is 21.5. The van der Waals surface area contributed by atoms with Crippen molar-refractivity contribution in [3.05, 3.63) is 46.0 Å². The van der Waals surface area contributed by atoms with Crippen LogP contribution in [0, 0.1) is 12.8 Å². The van der Waals surface area contributed by atoms with Crippen LogP contribution < -0.4 is 15.1 Å². The molecule has 0 spiro atoms. The Morgan fingerprint density at radius 2 is 1.87 bits per heavy atom. The quantitative estimate of drug-likeness (QED) is 0.308. The number of aliphatic hydroxyl groups excluding tert-OH is 2. The molecule has 2 unspecified atom stereocenters. The van der Waals surface area contributed by atoms with Crippen LogP contribution in [0.3, 0.4) is 0 Å². The zero-order chi connectivity index (χ0) is 27.9. The van der Waals surface area contributed by atoms with E-state index in [-0.39, 0.29) is 28.2 Å². The summed E-state index contributed by atoms with van der Waals surface area (Å²) >= 11 is 1.00. The fraction of sp³-hybridized carbons (Fsp3) is 0.440. The molecule has 14 heteroatoms. The molecule has 3 aromatic rings. The summed E-state index contributed by atoms with van der Waals surface area (Å²) in [4.78, 5) is 29.9. The Bertz CT molecular complexity index is 1490. The number of aromatic carboxylic acids is 1. The van der Waals surface area contributed by atoms with Gasteiger partial charge in [0, 0.05) is 43.9 Å². The minimum Gasteiger partial charge on any atom is -0.477 e. The van der Waals surface area contributed by atoms with Crippen LogP contribution in [0.1, 0.15) is 32.9 Å². The summed E-state index contributed by atoms with van der Waals surface area (Å²) in [6.45, 7) is 3.67. The lowest BCUT2D eigenvalue weighted by Gasteiger charge is -2.37. The topological polar surface area (TPSA) is 169 Å². The van der Waals surface area contributed by atoms with Crippen molar-refractivity contribution in [3.63, 3.8) is 0 Å². The van der Waals surface area contributed by atoms with Crippen molar-refractivity contribution in [2.75, 3.05) is 47.6 Å². The number of nitrogens with zero attached hydrogens (tertiary/aromatic N) is 5. The number of rotatable bonds is 8. The molecular formula is C25H30N6O6S2. The molecule has 2 aromatic heterocycles. The van der Waals surface area contributed by atoms with Crippen LogP contribution in [0.15, 0.2) is 29.2 Å². The average Bonchev–Trinajstić information content (AvgIpc) is 3.46. The van der Waals surface area contributed by atoms with E-state index in [1.165, 1.54) is 6.26 Å². The van der Waals surface area contributed by atoms with Crippen LogP contribution in [0.25, 0.3) is 0 Å². The molecule has 0 radical (unpaired) electrons. The molecule has 1 saturated heterocycles. The number of aryl methyl sites for hydroxylation is 1. The molecule has 2 aliphatic heterocycles. The highest BCUT2D eigenvalue weighted by Gasteiger charge is 2.33. The Labute approximate surface area is 229 Å². The molecule has 4 heterocycles. The summed E-state index contributed by atoms with van der Waals surface area (Å²) in [7, 11) is -3.29. The lowest BCUT2D eigenvalue weighted by atomic mass is 9.95. The van der Waals surface area contributed by atoms with Crippen LogP contribution in [-0.4, -0.2) is 83.3 Å². The first-order valence-corrected chi connectivity index (χ1v) is 15.2. The third-order valence-electron chi connectivity index (χ3n) is 7.06. The number of piperidine rings is 1. The molecule has 2 aliphatic rings. The fourth-order valence-electron chi connectivity index (χ4n) is 4.97. The monoisotopic (exact) mass is 574 g/mol. The lowest BCUT2D eigenvalue weighted by molar-refractivity contribution is 0.0523.